The first-order chi connectivity index (χ1) is 14.0. The number of fused-ring (bicyclic) bond motifs is 1. The molecule has 1 saturated heterocycles. The fraction of sp³-hybridized carbons (Fsp3) is 0.429. The fourth-order valence-corrected chi connectivity index (χ4v) is 4.40. The summed E-state index contributed by atoms with van der Waals surface area (Å²) in [5.74, 6) is -0.0815. The van der Waals surface area contributed by atoms with Crippen molar-refractivity contribution < 1.29 is 9.59 Å². The number of carbonyl (C=O) groups excluding carboxylic acids is 2. The number of rotatable bonds is 6. The first-order valence-corrected chi connectivity index (χ1v) is 10.8. The van der Waals surface area contributed by atoms with Gasteiger partial charge in [0.1, 0.15) is 0 Å². The van der Waals surface area contributed by atoms with Crippen molar-refractivity contribution in [3.05, 3.63) is 41.7 Å². The molecule has 4 rings (SSSR count). The molecule has 0 radical (unpaired) electrons. The Morgan fingerprint density at radius 1 is 1.31 bits per heavy atom. The van der Waals surface area contributed by atoms with Crippen molar-refractivity contribution in [3.8, 4) is 0 Å². The summed E-state index contributed by atoms with van der Waals surface area (Å²) in [7, 11) is 0. The molecule has 1 aromatic carbocycles. The molecule has 1 atom stereocenters. The number of amides is 2. The van der Waals surface area contributed by atoms with Crippen LogP contribution >= 0.6 is 11.3 Å². The van der Waals surface area contributed by atoms with Gasteiger partial charge in [0.15, 0.2) is 5.13 Å². The second kappa shape index (κ2) is 8.32. The van der Waals surface area contributed by atoms with Crippen molar-refractivity contribution >= 4 is 39.3 Å². The van der Waals surface area contributed by atoms with Crippen molar-refractivity contribution in [2.24, 2.45) is 5.92 Å². The lowest BCUT2D eigenvalue weighted by molar-refractivity contribution is -0.131. The molecule has 1 unspecified atom stereocenters. The first kappa shape index (κ1) is 19.6. The number of hydrogen-bond acceptors (Lipinski definition) is 5. The molecule has 8 heteroatoms. The summed E-state index contributed by atoms with van der Waals surface area (Å²) >= 11 is 1.36. The monoisotopic (exact) mass is 411 g/mol. The number of imidazole rings is 1. The number of benzene rings is 1. The van der Waals surface area contributed by atoms with E-state index in [0.717, 1.165) is 37.0 Å². The summed E-state index contributed by atoms with van der Waals surface area (Å²) in [5.41, 5.74) is 2.77. The predicted octanol–water partition coefficient (Wildman–Crippen LogP) is 3.32. The third kappa shape index (κ3) is 4.32. The van der Waals surface area contributed by atoms with Gasteiger partial charge in [-0.25, -0.2) is 9.97 Å². The largest absolute Gasteiger partial charge is 0.338 e. The van der Waals surface area contributed by atoms with Crippen LogP contribution in [0.4, 0.5) is 5.13 Å². The standard InChI is InChI=1S/C21H25N5O2S/c1-14(2)20(28)24-21-23-15(12-29-21)10-19(27)26-9-5-6-16(26)11-25-13-22-17-7-3-4-8-18(17)25/h3-4,7-8,12-14,16H,5-6,9-11H2,1-2H3,(H,23,24,28). The average molecular weight is 412 g/mol. The zero-order chi connectivity index (χ0) is 20.4. The average Bonchev–Trinajstić information content (AvgIpc) is 3.43. The number of para-hydroxylation sites is 2. The van der Waals surface area contributed by atoms with Gasteiger partial charge in [0.25, 0.3) is 0 Å². The molecular weight excluding hydrogens is 386 g/mol. The van der Waals surface area contributed by atoms with E-state index in [1.807, 2.05) is 48.7 Å². The van der Waals surface area contributed by atoms with Crippen molar-refractivity contribution in [2.75, 3.05) is 11.9 Å². The fourth-order valence-electron chi connectivity index (χ4n) is 3.69. The second-order valence-electron chi connectivity index (χ2n) is 7.73. The summed E-state index contributed by atoms with van der Waals surface area (Å²) in [6.45, 7) is 5.20. The van der Waals surface area contributed by atoms with Crippen LogP contribution in [0.1, 0.15) is 32.4 Å². The third-order valence-electron chi connectivity index (χ3n) is 5.27. The molecule has 29 heavy (non-hydrogen) atoms. The van der Waals surface area contributed by atoms with Crippen LogP contribution in [0.3, 0.4) is 0 Å². The van der Waals surface area contributed by atoms with Gasteiger partial charge in [0, 0.05) is 30.4 Å². The molecule has 3 heterocycles. The number of nitrogens with zero attached hydrogens (tertiary/aromatic N) is 4. The van der Waals surface area contributed by atoms with Crippen LogP contribution in [0.25, 0.3) is 11.0 Å². The molecule has 2 aromatic heterocycles. The van der Waals surface area contributed by atoms with Crippen LogP contribution in [-0.2, 0) is 22.6 Å². The van der Waals surface area contributed by atoms with E-state index in [0.29, 0.717) is 10.8 Å². The van der Waals surface area contributed by atoms with Gasteiger partial charge in [0.05, 0.1) is 29.5 Å². The highest BCUT2D eigenvalue weighted by molar-refractivity contribution is 7.13. The van der Waals surface area contributed by atoms with Crippen molar-refractivity contribution in [2.45, 2.75) is 45.7 Å². The predicted molar refractivity (Wildman–Crippen MR) is 114 cm³/mol. The van der Waals surface area contributed by atoms with Crippen molar-refractivity contribution in [3.63, 3.8) is 0 Å². The molecule has 1 aliphatic heterocycles. The molecule has 1 N–H and O–H groups in total. The maximum absolute atomic E-state index is 12.9. The van der Waals surface area contributed by atoms with Crippen LogP contribution in [0.5, 0.6) is 0 Å². The number of anilines is 1. The van der Waals surface area contributed by atoms with Crippen LogP contribution in [0, 0.1) is 5.92 Å². The lowest BCUT2D eigenvalue weighted by atomic mass is 10.2. The molecular formula is C21H25N5O2S. The summed E-state index contributed by atoms with van der Waals surface area (Å²) in [6, 6.07) is 8.22. The Bertz CT molecular complexity index is 1020. The molecule has 3 aromatic rings. The zero-order valence-electron chi connectivity index (χ0n) is 16.7. The summed E-state index contributed by atoms with van der Waals surface area (Å²) in [5, 5.41) is 5.19. The quantitative estimate of drug-likeness (QED) is 0.675. The summed E-state index contributed by atoms with van der Waals surface area (Å²) in [4.78, 5) is 35.6. The Kier molecular flexibility index (Phi) is 5.62. The molecule has 1 fully saturated rings. The van der Waals surface area contributed by atoms with Gasteiger partial charge < -0.3 is 14.8 Å². The summed E-state index contributed by atoms with van der Waals surface area (Å²) in [6.07, 6.45) is 4.12. The minimum Gasteiger partial charge on any atom is -0.338 e. The Labute approximate surface area is 173 Å². The molecule has 0 aliphatic carbocycles. The first-order valence-electron chi connectivity index (χ1n) is 9.96. The lowest BCUT2D eigenvalue weighted by Crippen LogP contribution is -2.39. The van der Waals surface area contributed by atoms with Crippen LogP contribution in [-0.4, -0.2) is 43.8 Å². The number of aromatic nitrogens is 3. The van der Waals surface area contributed by atoms with E-state index in [1.54, 1.807) is 0 Å². The number of carbonyl (C=O) groups is 2. The molecule has 0 bridgehead atoms. The number of likely N-dealkylation sites (tertiary alicyclic amines) is 1. The van der Waals surface area contributed by atoms with Crippen LogP contribution in [0.2, 0.25) is 0 Å². The lowest BCUT2D eigenvalue weighted by Gasteiger charge is -2.25. The number of hydrogen-bond donors (Lipinski definition) is 1. The molecule has 152 valence electrons. The minimum absolute atomic E-state index is 0.0654. The van der Waals surface area contributed by atoms with Gasteiger partial charge in [-0.05, 0) is 25.0 Å². The smallest absolute Gasteiger partial charge is 0.228 e. The maximum atomic E-state index is 12.9. The highest BCUT2D eigenvalue weighted by atomic mass is 32.1. The minimum atomic E-state index is -0.103. The van der Waals surface area contributed by atoms with E-state index in [2.05, 4.69) is 25.9 Å². The normalized spacial score (nSPS) is 16.7. The Morgan fingerprint density at radius 3 is 2.97 bits per heavy atom. The highest BCUT2D eigenvalue weighted by Gasteiger charge is 2.29. The topological polar surface area (TPSA) is 80.1 Å². The van der Waals surface area contributed by atoms with E-state index in [9.17, 15) is 9.59 Å². The Balaban J connectivity index is 1.40. The molecule has 0 spiro atoms. The Morgan fingerprint density at radius 2 is 2.14 bits per heavy atom. The summed E-state index contributed by atoms with van der Waals surface area (Å²) < 4.78 is 2.13. The maximum Gasteiger partial charge on any atom is 0.228 e. The van der Waals surface area contributed by atoms with Gasteiger partial charge >= 0.3 is 0 Å². The SMILES string of the molecule is CC(C)C(=O)Nc1nc(CC(=O)N2CCCC2Cn2cnc3ccccc32)cs1. The number of nitrogens with one attached hydrogen (secondary N) is 1. The van der Waals surface area contributed by atoms with E-state index in [-0.39, 0.29) is 30.2 Å². The van der Waals surface area contributed by atoms with E-state index < -0.39 is 0 Å². The van der Waals surface area contributed by atoms with Gasteiger partial charge in [-0.3, -0.25) is 9.59 Å². The molecule has 0 saturated carbocycles. The van der Waals surface area contributed by atoms with Crippen LogP contribution in [0.15, 0.2) is 36.0 Å². The number of thiazole rings is 1. The van der Waals surface area contributed by atoms with Gasteiger partial charge in [0.2, 0.25) is 11.8 Å². The Hall–Kier alpha value is -2.74. The zero-order valence-corrected chi connectivity index (χ0v) is 17.5. The molecule has 7 nitrogen and oxygen atoms in total. The van der Waals surface area contributed by atoms with Gasteiger partial charge in [-0.1, -0.05) is 26.0 Å². The molecule has 2 amide bonds. The van der Waals surface area contributed by atoms with Gasteiger partial charge in [-0.2, -0.15) is 0 Å². The molecule has 1 aliphatic rings. The third-order valence-corrected chi connectivity index (χ3v) is 6.08. The van der Waals surface area contributed by atoms with Gasteiger partial charge in [-0.15, -0.1) is 11.3 Å². The van der Waals surface area contributed by atoms with E-state index in [1.165, 1.54) is 11.3 Å². The van der Waals surface area contributed by atoms with E-state index >= 15 is 0 Å². The van der Waals surface area contributed by atoms with Crippen LogP contribution < -0.4 is 5.32 Å². The van der Waals surface area contributed by atoms with Crippen molar-refractivity contribution in [1.82, 2.24) is 19.4 Å². The second-order valence-corrected chi connectivity index (χ2v) is 8.59. The van der Waals surface area contributed by atoms with Crippen molar-refractivity contribution in [1.29, 1.82) is 0 Å². The highest BCUT2D eigenvalue weighted by Crippen LogP contribution is 2.23. The van der Waals surface area contributed by atoms with E-state index in [4.69, 9.17) is 0 Å².